The molecule has 0 aromatic heterocycles. The summed E-state index contributed by atoms with van der Waals surface area (Å²) < 4.78 is 17.7. The van der Waals surface area contributed by atoms with Gasteiger partial charge in [0, 0.05) is 33.3 Å². The van der Waals surface area contributed by atoms with Gasteiger partial charge in [0.1, 0.15) is 12.0 Å². The van der Waals surface area contributed by atoms with Crippen LogP contribution in [0.5, 0.6) is 5.75 Å². The molecule has 158 valence electrons. The van der Waals surface area contributed by atoms with Crippen molar-refractivity contribution in [2.45, 2.75) is 39.5 Å². The van der Waals surface area contributed by atoms with Crippen molar-refractivity contribution in [1.29, 1.82) is 0 Å². The van der Waals surface area contributed by atoms with Gasteiger partial charge in [-0.15, -0.1) is 0 Å². The molecule has 2 aromatic carbocycles. The number of aldehydes is 1. The number of ether oxygens (including phenoxy) is 2. The molecule has 29 heavy (non-hydrogen) atoms. The third-order valence-corrected chi connectivity index (χ3v) is 4.96. The highest BCUT2D eigenvalue weighted by Crippen LogP contribution is 2.26. The molecule has 0 unspecified atom stereocenters. The predicted molar refractivity (Wildman–Crippen MR) is 119 cm³/mol. The van der Waals surface area contributed by atoms with Gasteiger partial charge in [0.05, 0.1) is 26.4 Å². The van der Waals surface area contributed by atoms with Crippen LogP contribution < -0.4 is 4.74 Å². The fourth-order valence-electron chi connectivity index (χ4n) is 2.46. The summed E-state index contributed by atoms with van der Waals surface area (Å²) in [7, 11) is 0. The predicted octanol–water partition coefficient (Wildman–Crippen LogP) is 5.98. The van der Waals surface area contributed by atoms with E-state index >= 15 is 0 Å². The Balaban J connectivity index is 1.68. The Hall–Kier alpha value is -1.82. The maximum atomic E-state index is 10.7. The molecule has 0 saturated heterocycles. The molecule has 0 amide bonds. The van der Waals surface area contributed by atoms with Gasteiger partial charge in [-0.05, 0) is 43.3 Å². The molecule has 0 spiro atoms. The minimum Gasteiger partial charge on any atom is -0.493 e. The maximum Gasteiger partial charge on any atom is 0.150 e. The van der Waals surface area contributed by atoms with E-state index in [1.165, 1.54) is 17.6 Å². The quantitative estimate of drug-likeness (QED) is 0.315. The average Bonchev–Trinajstić information content (AvgIpc) is 2.68. The number of carbonyl (C=O) groups excluding carboxylic acids is 1. The molecule has 0 bridgehead atoms. The fraction of sp³-hybridized carbons (Fsp3) is 0.458. The molecule has 0 heterocycles. The first kappa shape index (κ1) is 23.5. The summed E-state index contributed by atoms with van der Waals surface area (Å²) in [4.78, 5) is 11.8. The Bertz CT molecular complexity index is 751. The highest BCUT2D eigenvalue weighted by atomic mass is 32.2. The molecule has 0 aliphatic carbocycles. The summed E-state index contributed by atoms with van der Waals surface area (Å²) in [6, 6.07) is 15.4. The molecule has 0 aliphatic rings. The first-order chi connectivity index (χ1) is 13.7. The van der Waals surface area contributed by atoms with E-state index in [0.29, 0.717) is 32.0 Å². The van der Waals surface area contributed by atoms with Crippen molar-refractivity contribution < 1.29 is 18.5 Å². The van der Waals surface area contributed by atoms with E-state index < -0.39 is 0 Å². The van der Waals surface area contributed by atoms with Gasteiger partial charge in [-0.3, -0.25) is 4.79 Å². The van der Waals surface area contributed by atoms with Crippen molar-refractivity contribution >= 4 is 18.3 Å². The second kappa shape index (κ2) is 10.8. The molecule has 0 saturated carbocycles. The molecule has 0 atom stereocenters. The zero-order chi connectivity index (χ0) is 21.3. The highest BCUT2D eigenvalue weighted by molar-refractivity contribution is 7.94. The fourth-order valence-corrected chi connectivity index (χ4v) is 3.22. The SMILES string of the molecule is Cc1ccc(SOCC(C)(C)COCC(C)(C)COc2ccc(C=O)cc2)cc1. The Kier molecular flexibility index (Phi) is 8.75. The monoisotopic (exact) mass is 416 g/mol. The molecule has 5 heteroatoms. The first-order valence-electron chi connectivity index (χ1n) is 9.81. The number of hydrogen-bond acceptors (Lipinski definition) is 5. The van der Waals surface area contributed by atoms with Crippen molar-refractivity contribution in [3.8, 4) is 5.75 Å². The van der Waals surface area contributed by atoms with E-state index in [9.17, 15) is 4.79 Å². The molecular formula is C24H32O4S. The van der Waals surface area contributed by atoms with Crippen LogP contribution in [0.25, 0.3) is 0 Å². The van der Waals surface area contributed by atoms with Crippen LogP contribution in [0, 0.1) is 17.8 Å². The molecule has 4 nitrogen and oxygen atoms in total. The second-order valence-electron chi connectivity index (χ2n) is 8.96. The van der Waals surface area contributed by atoms with Crippen molar-refractivity contribution in [2.75, 3.05) is 26.4 Å². The molecule has 0 fully saturated rings. The minimum absolute atomic E-state index is 0.0840. The minimum atomic E-state index is -0.128. The lowest BCUT2D eigenvalue weighted by atomic mass is 9.94. The Morgan fingerprint density at radius 3 is 2.00 bits per heavy atom. The van der Waals surface area contributed by atoms with E-state index in [4.69, 9.17) is 13.7 Å². The van der Waals surface area contributed by atoms with Crippen LogP contribution in [0.15, 0.2) is 53.4 Å². The van der Waals surface area contributed by atoms with Gasteiger partial charge in [0.2, 0.25) is 0 Å². The summed E-state index contributed by atoms with van der Waals surface area (Å²) in [6.07, 6.45) is 0.826. The summed E-state index contributed by atoms with van der Waals surface area (Å²) in [5.74, 6) is 0.755. The van der Waals surface area contributed by atoms with Crippen LogP contribution >= 0.6 is 12.0 Å². The summed E-state index contributed by atoms with van der Waals surface area (Å²) in [6.45, 7) is 12.9. The molecule has 0 radical (unpaired) electrons. The number of hydrogen-bond donors (Lipinski definition) is 0. The van der Waals surface area contributed by atoms with Crippen LogP contribution in [0.1, 0.15) is 43.6 Å². The number of rotatable bonds is 12. The number of benzene rings is 2. The van der Waals surface area contributed by atoms with Crippen LogP contribution in [0.3, 0.4) is 0 Å². The topological polar surface area (TPSA) is 44.8 Å². The van der Waals surface area contributed by atoms with Crippen molar-refractivity contribution in [1.82, 2.24) is 0 Å². The maximum absolute atomic E-state index is 10.7. The van der Waals surface area contributed by atoms with Crippen LogP contribution in [-0.4, -0.2) is 32.7 Å². The first-order valence-corrected chi connectivity index (χ1v) is 10.6. The smallest absolute Gasteiger partial charge is 0.150 e. The van der Waals surface area contributed by atoms with Gasteiger partial charge < -0.3 is 13.7 Å². The van der Waals surface area contributed by atoms with E-state index in [2.05, 4.69) is 58.9 Å². The lowest BCUT2D eigenvalue weighted by molar-refractivity contribution is -0.0119. The van der Waals surface area contributed by atoms with Crippen molar-refractivity contribution in [2.24, 2.45) is 10.8 Å². The average molecular weight is 417 g/mol. The summed E-state index contributed by atoms with van der Waals surface area (Å²) in [5, 5.41) is 0. The van der Waals surface area contributed by atoms with Gasteiger partial charge in [0.15, 0.2) is 0 Å². The molecular weight excluding hydrogens is 384 g/mol. The number of aryl methyl sites for hydroxylation is 1. The van der Waals surface area contributed by atoms with Crippen LogP contribution in [-0.2, 0) is 8.92 Å². The summed E-state index contributed by atoms with van der Waals surface area (Å²) in [5.41, 5.74) is 1.67. The Morgan fingerprint density at radius 2 is 1.41 bits per heavy atom. The Labute approximate surface area is 179 Å². The third kappa shape index (κ3) is 9.03. The van der Waals surface area contributed by atoms with Gasteiger partial charge in [0.25, 0.3) is 0 Å². The zero-order valence-electron chi connectivity index (χ0n) is 18.1. The molecule has 2 aromatic rings. The zero-order valence-corrected chi connectivity index (χ0v) is 18.9. The standard InChI is InChI=1S/C24H32O4S/c1-19-6-12-22(13-7-19)29-28-18-24(4,5)16-26-15-23(2,3)17-27-21-10-8-20(14-25)9-11-21/h6-14H,15-18H2,1-5H3. The van der Waals surface area contributed by atoms with Crippen molar-refractivity contribution in [3.05, 3.63) is 59.7 Å². The summed E-state index contributed by atoms with van der Waals surface area (Å²) >= 11 is 1.41. The molecule has 0 N–H and O–H groups in total. The number of carbonyl (C=O) groups is 1. The lowest BCUT2D eigenvalue weighted by Crippen LogP contribution is -2.31. The Morgan fingerprint density at radius 1 is 0.828 bits per heavy atom. The van der Waals surface area contributed by atoms with Crippen LogP contribution in [0.2, 0.25) is 0 Å². The second-order valence-corrected chi connectivity index (χ2v) is 9.83. The van der Waals surface area contributed by atoms with Gasteiger partial charge >= 0.3 is 0 Å². The van der Waals surface area contributed by atoms with Crippen LogP contribution in [0.4, 0.5) is 0 Å². The molecule has 2 rings (SSSR count). The van der Waals surface area contributed by atoms with E-state index in [-0.39, 0.29) is 10.8 Å². The van der Waals surface area contributed by atoms with E-state index in [1.807, 2.05) is 12.1 Å². The van der Waals surface area contributed by atoms with Crippen molar-refractivity contribution in [3.63, 3.8) is 0 Å². The van der Waals surface area contributed by atoms with Gasteiger partial charge in [-0.2, -0.15) is 0 Å². The lowest BCUT2D eigenvalue weighted by Gasteiger charge is -2.28. The molecule has 0 aliphatic heterocycles. The van der Waals surface area contributed by atoms with Gasteiger partial charge in [-0.1, -0.05) is 45.4 Å². The third-order valence-electron chi connectivity index (χ3n) is 4.26. The van der Waals surface area contributed by atoms with E-state index in [1.54, 1.807) is 12.1 Å². The van der Waals surface area contributed by atoms with E-state index in [0.717, 1.165) is 16.9 Å². The highest BCUT2D eigenvalue weighted by Gasteiger charge is 2.24. The van der Waals surface area contributed by atoms with Gasteiger partial charge in [-0.25, -0.2) is 0 Å². The largest absolute Gasteiger partial charge is 0.493 e. The normalized spacial score (nSPS) is 12.0.